The summed E-state index contributed by atoms with van der Waals surface area (Å²) in [4.78, 5) is 4.10. The summed E-state index contributed by atoms with van der Waals surface area (Å²) in [7, 11) is 0. The lowest BCUT2D eigenvalue weighted by atomic mass is 10.1. The SMILES string of the molecule is CC.CC.CCc1cnc(N)c(CC)c1.P.P. The monoisotopic (exact) mass is 278 g/mol. The first kappa shape index (κ1) is 25.6. The Hall–Kier alpha value is -0.190. The predicted molar refractivity (Wildman–Crippen MR) is 92.3 cm³/mol. The van der Waals surface area contributed by atoms with Crippen LogP contribution in [0, 0.1) is 0 Å². The quantitative estimate of drug-likeness (QED) is 0.832. The van der Waals surface area contributed by atoms with Gasteiger partial charge in [0, 0.05) is 6.20 Å². The van der Waals surface area contributed by atoms with E-state index in [4.69, 9.17) is 5.73 Å². The average Bonchev–Trinajstić information content (AvgIpc) is 2.35. The van der Waals surface area contributed by atoms with E-state index in [1.54, 1.807) is 0 Å². The molecule has 0 radical (unpaired) electrons. The van der Waals surface area contributed by atoms with Gasteiger partial charge in [-0.2, -0.15) is 19.8 Å². The normalized spacial score (nSPS) is 7.18. The van der Waals surface area contributed by atoms with Gasteiger partial charge in [-0.1, -0.05) is 47.6 Å². The molecule has 0 bridgehead atoms. The van der Waals surface area contributed by atoms with Crippen molar-refractivity contribution < 1.29 is 0 Å². The van der Waals surface area contributed by atoms with E-state index in [2.05, 4.69) is 24.9 Å². The van der Waals surface area contributed by atoms with Gasteiger partial charge in [-0.05, 0) is 24.0 Å². The molecule has 17 heavy (non-hydrogen) atoms. The van der Waals surface area contributed by atoms with Crippen molar-refractivity contribution in [2.75, 3.05) is 5.73 Å². The molecule has 0 saturated carbocycles. The molecule has 4 heteroatoms. The number of nitrogens with zero attached hydrogens (tertiary/aromatic N) is 1. The third-order valence-corrected chi connectivity index (χ3v) is 1.85. The minimum absolute atomic E-state index is 0. The maximum Gasteiger partial charge on any atom is 0.126 e. The first-order valence-electron chi connectivity index (χ1n) is 6.01. The van der Waals surface area contributed by atoms with Gasteiger partial charge in [-0.15, -0.1) is 0 Å². The topological polar surface area (TPSA) is 38.9 Å². The number of anilines is 1. The number of rotatable bonds is 2. The fraction of sp³-hybridized carbons (Fsp3) is 0.615. The molecular formula is C13H32N2P2. The smallest absolute Gasteiger partial charge is 0.126 e. The minimum atomic E-state index is 0. The highest BCUT2D eigenvalue weighted by Gasteiger charge is 1.97. The lowest BCUT2D eigenvalue weighted by molar-refractivity contribution is 1.05. The molecule has 104 valence electrons. The van der Waals surface area contributed by atoms with Crippen LogP contribution < -0.4 is 5.73 Å². The van der Waals surface area contributed by atoms with E-state index in [-0.39, 0.29) is 19.8 Å². The zero-order valence-electron chi connectivity index (χ0n) is 12.5. The highest BCUT2D eigenvalue weighted by atomic mass is 31.0. The standard InChI is InChI=1S/C9H14N2.2C2H6.2H3P/c1-3-7-5-8(4-2)9(10)11-6-7;2*1-2;;/h5-6H,3-4H2,1-2H3,(H2,10,11);2*1-2H3;2*1H3. The molecule has 0 aliphatic carbocycles. The number of hydrogen-bond acceptors (Lipinski definition) is 2. The molecule has 2 nitrogen and oxygen atoms in total. The summed E-state index contributed by atoms with van der Waals surface area (Å²) in [6.45, 7) is 12.2. The fourth-order valence-electron chi connectivity index (χ4n) is 1.05. The molecule has 2 N–H and O–H groups in total. The zero-order chi connectivity index (χ0) is 12.3. The van der Waals surface area contributed by atoms with Crippen LogP contribution in [0.5, 0.6) is 0 Å². The Morgan fingerprint density at radius 2 is 1.47 bits per heavy atom. The van der Waals surface area contributed by atoms with Crippen molar-refractivity contribution in [1.29, 1.82) is 0 Å². The third kappa shape index (κ3) is 10.7. The van der Waals surface area contributed by atoms with Crippen molar-refractivity contribution in [3.63, 3.8) is 0 Å². The van der Waals surface area contributed by atoms with Crippen LogP contribution in [0.4, 0.5) is 5.82 Å². The summed E-state index contributed by atoms with van der Waals surface area (Å²) in [6.07, 6.45) is 3.83. The summed E-state index contributed by atoms with van der Waals surface area (Å²) in [5.74, 6) is 0.671. The van der Waals surface area contributed by atoms with Gasteiger partial charge in [0.25, 0.3) is 0 Å². The Morgan fingerprint density at radius 3 is 1.82 bits per heavy atom. The number of pyridine rings is 1. The fourth-order valence-corrected chi connectivity index (χ4v) is 1.05. The summed E-state index contributed by atoms with van der Waals surface area (Å²) in [6, 6.07) is 2.13. The van der Waals surface area contributed by atoms with Gasteiger partial charge in [0.15, 0.2) is 0 Å². The Bertz CT molecular complexity index is 253. The van der Waals surface area contributed by atoms with Crippen LogP contribution in [0.3, 0.4) is 0 Å². The van der Waals surface area contributed by atoms with E-state index in [0.29, 0.717) is 5.82 Å². The van der Waals surface area contributed by atoms with Gasteiger partial charge >= 0.3 is 0 Å². The Morgan fingerprint density at radius 1 is 1.00 bits per heavy atom. The molecule has 0 fully saturated rings. The van der Waals surface area contributed by atoms with Crippen LogP contribution in [-0.4, -0.2) is 4.98 Å². The second kappa shape index (κ2) is 18.2. The number of nitrogens with two attached hydrogens (primary N) is 1. The second-order valence-electron chi connectivity index (χ2n) is 2.60. The second-order valence-corrected chi connectivity index (χ2v) is 2.60. The van der Waals surface area contributed by atoms with E-state index < -0.39 is 0 Å². The van der Waals surface area contributed by atoms with E-state index in [9.17, 15) is 0 Å². The minimum Gasteiger partial charge on any atom is -0.383 e. The lowest BCUT2D eigenvalue weighted by Crippen LogP contribution is -1.97. The summed E-state index contributed by atoms with van der Waals surface area (Å²) in [5, 5.41) is 0. The largest absolute Gasteiger partial charge is 0.383 e. The molecule has 1 aromatic heterocycles. The molecule has 0 amide bonds. The molecule has 1 heterocycles. The maximum absolute atomic E-state index is 5.64. The first-order valence-corrected chi connectivity index (χ1v) is 6.01. The number of aryl methyl sites for hydroxylation is 2. The van der Waals surface area contributed by atoms with Crippen molar-refractivity contribution in [1.82, 2.24) is 4.98 Å². The van der Waals surface area contributed by atoms with Crippen LogP contribution in [0.1, 0.15) is 52.7 Å². The molecule has 0 saturated heterocycles. The number of aromatic nitrogens is 1. The molecule has 1 aromatic rings. The molecule has 2 atom stereocenters. The highest BCUT2D eigenvalue weighted by Crippen LogP contribution is 2.11. The molecule has 0 spiro atoms. The summed E-state index contributed by atoms with van der Waals surface area (Å²) in [5.41, 5.74) is 8.06. The zero-order valence-corrected chi connectivity index (χ0v) is 15.3. The molecule has 0 aromatic carbocycles. The van der Waals surface area contributed by atoms with E-state index in [0.717, 1.165) is 18.4 Å². The number of hydrogen-bond donors (Lipinski definition) is 1. The van der Waals surface area contributed by atoms with Crippen molar-refractivity contribution in [2.45, 2.75) is 54.4 Å². The van der Waals surface area contributed by atoms with Gasteiger partial charge in [0.05, 0.1) is 0 Å². The molecule has 0 aliphatic heterocycles. The summed E-state index contributed by atoms with van der Waals surface area (Å²) < 4.78 is 0. The van der Waals surface area contributed by atoms with Crippen LogP contribution in [0.2, 0.25) is 0 Å². The first-order chi connectivity index (χ1) is 7.27. The van der Waals surface area contributed by atoms with Crippen LogP contribution >= 0.6 is 19.8 Å². The molecule has 2 unspecified atom stereocenters. The van der Waals surface area contributed by atoms with Gasteiger partial charge in [-0.3, -0.25) is 0 Å². The van der Waals surface area contributed by atoms with Gasteiger partial charge in [-0.25, -0.2) is 4.98 Å². The molecule has 0 aliphatic rings. The van der Waals surface area contributed by atoms with Gasteiger partial charge in [0.2, 0.25) is 0 Å². The Balaban J connectivity index is -0.000000128. The maximum atomic E-state index is 5.64. The Kier molecular flexibility index (Phi) is 27.4. The van der Waals surface area contributed by atoms with Crippen molar-refractivity contribution in [3.05, 3.63) is 23.4 Å². The predicted octanol–water partition coefficient (Wildman–Crippen LogP) is 3.96. The number of nitrogen functional groups attached to an aromatic ring is 1. The lowest BCUT2D eigenvalue weighted by Gasteiger charge is -2.02. The van der Waals surface area contributed by atoms with Crippen molar-refractivity contribution >= 4 is 25.6 Å². The third-order valence-electron chi connectivity index (χ3n) is 1.85. The van der Waals surface area contributed by atoms with Crippen LogP contribution in [-0.2, 0) is 12.8 Å². The van der Waals surface area contributed by atoms with Crippen LogP contribution in [0.25, 0.3) is 0 Å². The van der Waals surface area contributed by atoms with Crippen LogP contribution in [0.15, 0.2) is 12.3 Å². The van der Waals surface area contributed by atoms with Crippen molar-refractivity contribution in [3.8, 4) is 0 Å². The molecular weight excluding hydrogens is 246 g/mol. The average molecular weight is 278 g/mol. The highest BCUT2D eigenvalue weighted by molar-refractivity contribution is 6.92. The van der Waals surface area contributed by atoms with Gasteiger partial charge < -0.3 is 5.73 Å². The molecule has 1 rings (SSSR count). The van der Waals surface area contributed by atoms with E-state index in [1.807, 2.05) is 33.9 Å². The summed E-state index contributed by atoms with van der Waals surface area (Å²) >= 11 is 0. The van der Waals surface area contributed by atoms with Crippen molar-refractivity contribution in [2.24, 2.45) is 0 Å². The van der Waals surface area contributed by atoms with E-state index >= 15 is 0 Å². The van der Waals surface area contributed by atoms with Gasteiger partial charge in [0.1, 0.15) is 5.82 Å². The Labute approximate surface area is 114 Å². The van der Waals surface area contributed by atoms with E-state index in [1.165, 1.54) is 5.56 Å².